The van der Waals surface area contributed by atoms with Gasteiger partial charge in [0.05, 0.1) is 7.11 Å². The maximum absolute atomic E-state index is 5.89. The number of ether oxygens (including phenoxy) is 1. The molecule has 0 amide bonds. The average Bonchev–Trinajstić information content (AvgIpc) is 2.29. The van der Waals surface area contributed by atoms with Crippen LogP contribution in [-0.2, 0) is 6.54 Å². The molecule has 1 rings (SSSR count). The molecule has 0 atom stereocenters. The molecule has 0 aliphatic carbocycles. The van der Waals surface area contributed by atoms with Crippen LogP contribution >= 0.6 is 27.5 Å². The van der Waals surface area contributed by atoms with Gasteiger partial charge < -0.3 is 10.1 Å². The lowest BCUT2D eigenvalue weighted by Crippen LogP contribution is -2.30. The third-order valence-electron chi connectivity index (χ3n) is 2.52. The van der Waals surface area contributed by atoms with Gasteiger partial charge in [0.1, 0.15) is 5.75 Å². The number of nitrogens with one attached hydrogen (secondary N) is 1. The normalized spacial score (nSPS) is 11.6. The van der Waals surface area contributed by atoms with Gasteiger partial charge in [-0.1, -0.05) is 29.8 Å². The molecule has 0 saturated heterocycles. The van der Waals surface area contributed by atoms with Crippen LogP contribution in [0.5, 0.6) is 5.75 Å². The Bertz CT molecular complexity index is 368. The van der Waals surface area contributed by atoms with Crippen molar-refractivity contribution in [2.45, 2.75) is 20.4 Å². The molecule has 96 valence electrons. The molecule has 0 saturated carbocycles. The Morgan fingerprint density at radius 1 is 1.41 bits per heavy atom. The molecule has 0 unspecified atom stereocenters. The Morgan fingerprint density at radius 3 is 2.71 bits per heavy atom. The molecule has 0 fully saturated rings. The number of methoxy groups -OCH3 is 1. The Balaban J connectivity index is 2.59. The van der Waals surface area contributed by atoms with Crippen LogP contribution in [0.3, 0.4) is 0 Å². The first kappa shape index (κ1) is 14.8. The van der Waals surface area contributed by atoms with Crippen LogP contribution in [0.4, 0.5) is 0 Å². The van der Waals surface area contributed by atoms with Gasteiger partial charge in [0, 0.05) is 29.0 Å². The first-order valence-corrected chi connectivity index (χ1v) is 6.90. The Morgan fingerprint density at radius 2 is 2.12 bits per heavy atom. The van der Waals surface area contributed by atoms with Crippen LogP contribution in [0, 0.1) is 5.41 Å². The van der Waals surface area contributed by atoms with Crippen LogP contribution < -0.4 is 10.1 Å². The lowest BCUT2D eigenvalue weighted by molar-refractivity contribution is 0.377. The van der Waals surface area contributed by atoms with E-state index >= 15 is 0 Å². The molecule has 1 aromatic rings. The summed E-state index contributed by atoms with van der Waals surface area (Å²) in [6.07, 6.45) is 0. The zero-order valence-corrected chi connectivity index (χ0v) is 12.9. The van der Waals surface area contributed by atoms with Crippen LogP contribution in [-0.4, -0.2) is 19.5 Å². The van der Waals surface area contributed by atoms with Gasteiger partial charge in [-0.15, -0.1) is 11.6 Å². The molecule has 0 aliphatic rings. The summed E-state index contributed by atoms with van der Waals surface area (Å²) >= 11 is 9.35. The van der Waals surface area contributed by atoms with Crippen molar-refractivity contribution in [3.05, 3.63) is 28.2 Å². The SMILES string of the molecule is COc1ccc(Br)cc1CNCC(C)(C)CCl. The molecule has 4 heteroatoms. The first-order valence-electron chi connectivity index (χ1n) is 5.57. The minimum atomic E-state index is 0.112. The third kappa shape index (κ3) is 4.86. The van der Waals surface area contributed by atoms with Gasteiger partial charge in [-0.2, -0.15) is 0 Å². The van der Waals surface area contributed by atoms with E-state index in [0.717, 1.165) is 28.9 Å². The van der Waals surface area contributed by atoms with Gasteiger partial charge >= 0.3 is 0 Å². The highest BCUT2D eigenvalue weighted by Crippen LogP contribution is 2.23. The fraction of sp³-hybridized carbons (Fsp3) is 0.538. The fourth-order valence-corrected chi connectivity index (χ4v) is 1.97. The number of hydrogen-bond donors (Lipinski definition) is 1. The summed E-state index contributed by atoms with van der Waals surface area (Å²) in [7, 11) is 1.69. The summed E-state index contributed by atoms with van der Waals surface area (Å²) in [6.45, 7) is 5.95. The summed E-state index contributed by atoms with van der Waals surface area (Å²) in [5.74, 6) is 1.56. The van der Waals surface area contributed by atoms with Gasteiger partial charge in [0.25, 0.3) is 0 Å². The van der Waals surface area contributed by atoms with Crippen LogP contribution in [0.25, 0.3) is 0 Å². The molecular weight excluding hydrogens is 302 g/mol. The van der Waals surface area contributed by atoms with Crippen molar-refractivity contribution in [2.24, 2.45) is 5.41 Å². The number of benzene rings is 1. The van der Waals surface area contributed by atoms with E-state index in [2.05, 4.69) is 41.2 Å². The zero-order chi connectivity index (χ0) is 12.9. The predicted molar refractivity (Wildman–Crippen MR) is 76.9 cm³/mol. The van der Waals surface area contributed by atoms with Crippen molar-refractivity contribution in [1.29, 1.82) is 0 Å². The summed E-state index contributed by atoms with van der Waals surface area (Å²) in [5.41, 5.74) is 1.26. The highest BCUT2D eigenvalue weighted by molar-refractivity contribution is 9.10. The van der Waals surface area contributed by atoms with Crippen molar-refractivity contribution in [3.63, 3.8) is 0 Å². The number of hydrogen-bond acceptors (Lipinski definition) is 2. The van der Waals surface area contributed by atoms with Crippen molar-refractivity contribution in [2.75, 3.05) is 19.5 Å². The second-order valence-corrected chi connectivity index (χ2v) is 6.04. The van der Waals surface area contributed by atoms with E-state index in [1.165, 1.54) is 0 Å². The van der Waals surface area contributed by atoms with E-state index in [1.54, 1.807) is 7.11 Å². The molecule has 0 aromatic heterocycles. The highest BCUT2D eigenvalue weighted by Gasteiger charge is 2.15. The van der Waals surface area contributed by atoms with E-state index in [4.69, 9.17) is 16.3 Å². The van der Waals surface area contributed by atoms with Crippen LogP contribution in [0.1, 0.15) is 19.4 Å². The van der Waals surface area contributed by atoms with E-state index in [1.807, 2.05) is 12.1 Å². The summed E-state index contributed by atoms with van der Waals surface area (Å²) in [5, 5.41) is 3.41. The van der Waals surface area contributed by atoms with E-state index in [9.17, 15) is 0 Å². The average molecular weight is 321 g/mol. The molecule has 17 heavy (non-hydrogen) atoms. The Kier molecular flexibility index (Phi) is 5.77. The van der Waals surface area contributed by atoms with Gasteiger partial charge in [-0.3, -0.25) is 0 Å². The maximum atomic E-state index is 5.89. The van der Waals surface area contributed by atoms with Crippen LogP contribution in [0.2, 0.25) is 0 Å². The fourth-order valence-electron chi connectivity index (χ4n) is 1.47. The summed E-state index contributed by atoms with van der Waals surface area (Å²) in [6, 6.07) is 6.01. The molecule has 0 heterocycles. The van der Waals surface area contributed by atoms with Crippen molar-refractivity contribution in [3.8, 4) is 5.75 Å². The molecule has 0 bridgehead atoms. The largest absolute Gasteiger partial charge is 0.496 e. The molecule has 0 aliphatic heterocycles. The zero-order valence-electron chi connectivity index (χ0n) is 10.5. The first-order chi connectivity index (χ1) is 7.98. The smallest absolute Gasteiger partial charge is 0.123 e. The van der Waals surface area contributed by atoms with E-state index < -0.39 is 0 Å². The standard InChI is InChI=1S/C13H19BrClNO/c1-13(2,8-15)9-16-7-10-6-11(14)4-5-12(10)17-3/h4-6,16H,7-9H2,1-3H3. The van der Waals surface area contributed by atoms with Crippen LogP contribution in [0.15, 0.2) is 22.7 Å². The van der Waals surface area contributed by atoms with Crippen molar-refractivity contribution in [1.82, 2.24) is 5.32 Å². The molecule has 0 radical (unpaired) electrons. The van der Waals surface area contributed by atoms with Gasteiger partial charge in [0.15, 0.2) is 0 Å². The minimum absolute atomic E-state index is 0.112. The Labute approximate surface area is 117 Å². The summed E-state index contributed by atoms with van der Waals surface area (Å²) in [4.78, 5) is 0. The molecule has 2 nitrogen and oxygen atoms in total. The lowest BCUT2D eigenvalue weighted by Gasteiger charge is -2.22. The minimum Gasteiger partial charge on any atom is -0.496 e. The Hall–Kier alpha value is -0.250. The number of alkyl halides is 1. The second kappa shape index (κ2) is 6.62. The second-order valence-electron chi connectivity index (χ2n) is 4.86. The van der Waals surface area contributed by atoms with Crippen molar-refractivity contribution < 1.29 is 4.74 Å². The third-order valence-corrected chi connectivity index (χ3v) is 3.74. The van der Waals surface area contributed by atoms with Gasteiger partial charge in [-0.25, -0.2) is 0 Å². The maximum Gasteiger partial charge on any atom is 0.123 e. The summed E-state index contributed by atoms with van der Waals surface area (Å²) < 4.78 is 6.38. The number of halogens is 2. The molecule has 1 N–H and O–H groups in total. The number of rotatable bonds is 6. The molecular formula is C13H19BrClNO. The topological polar surface area (TPSA) is 21.3 Å². The highest BCUT2D eigenvalue weighted by atomic mass is 79.9. The lowest BCUT2D eigenvalue weighted by atomic mass is 9.96. The monoisotopic (exact) mass is 319 g/mol. The predicted octanol–water partition coefficient (Wildman–Crippen LogP) is 3.81. The van der Waals surface area contributed by atoms with Gasteiger partial charge in [0.2, 0.25) is 0 Å². The molecule has 1 aromatic carbocycles. The molecule has 0 spiro atoms. The quantitative estimate of drug-likeness (QED) is 0.805. The van der Waals surface area contributed by atoms with E-state index in [0.29, 0.717) is 5.88 Å². The van der Waals surface area contributed by atoms with Crippen molar-refractivity contribution >= 4 is 27.5 Å². The van der Waals surface area contributed by atoms with Gasteiger partial charge in [-0.05, 0) is 23.6 Å². The van der Waals surface area contributed by atoms with E-state index in [-0.39, 0.29) is 5.41 Å².